The van der Waals surface area contributed by atoms with E-state index in [1.165, 1.54) is 14.2 Å². The van der Waals surface area contributed by atoms with Crippen LogP contribution in [0.15, 0.2) is 36.4 Å². The standard InChI is InChI=1S/C18H15N3O3/c1-23-15-8-11(9-16(24-2)17(15)22)7-12(10-19)18-20-13-5-3-4-6-14(13)21-18/h3-9,22H,1-2H3,(H,20,21)/b12-7+. The van der Waals surface area contributed by atoms with Crippen LogP contribution in [0.1, 0.15) is 11.4 Å². The molecule has 0 aliphatic rings. The average molecular weight is 321 g/mol. The molecule has 0 radical (unpaired) electrons. The van der Waals surface area contributed by atoms with Gasteiger partial charge < -0.3 is 19.6 Å². The Bertz CT molecular complexity index is 909. The van der Waals surface area contributed by atoms with Crippen molar-refractivity contribution in [3.8, 4) is 23.3 Å². The fraction of sp³-hybridized carbons (Fsp3) is 0.111. The molecule has 0 unspecified atom stereocenters. The summed E-state index contributed by atoms with van der Waals surface area (Å²) in [6.07, 6.45) is 1.65. The quantitative estimate of drug-likeness (QED) is 0.719. The monoisotopic (exact) mass is 321 g/mol. The van der Waals surface area contributed by atoms with Gasteiger partial charge in [-0.1, -0.05) is 12.1 Å². The number of fused-ring (bicyclic) bond motifs is 1. The van der Waals surface area contributed by atoms with Crippen molar-refractivity contribution in [3.05, 3.63) is 47.8 Å². The number of aromatic nitrogens is 2. The topological polar surface area (TPSA) is 91.2 Å². The van der Waals surface area contributed by atoms with Crippen LogP contribution in [0, 0.1) is 11.3 Å². The van der Waals surface area contributed by atoms with Crippen molar-refractivity contribution < 1.29 is 14.6 Å². The van der Waals surface area contributed by atoms with Gasteiger partial charge in [0.15, 0.2) is 11.5 Å². The maximum Gasteiger partial charge on any atom is 0.200 e. The van der Waals surface area contributed by atoms with Crippen LogP contribution in [-0.2, 0) is 0 Å². The number of phenolic OH excluding ortho intramolecular Hbond substituents is 1. The molecule has 0 spiro atoms. The number of nitrogens with zero attached hydrogens (tertiary/aromatic N) is 2. The van der Waals surface area contributed by atoms with E-state index in [1.807, 2.05) is 24.3 Å². The minimum absolute atomic E-state index is 0.0839. The van der Waals surface area contributed by atoms with Crippen molar-refractivity contribution in [2.24, 2.45) is 0 Å². The second-order valence-corrected chi connectivity index (χ2v) is 5.05. The number of rotatable bonds is 4. The van der Waals surface area contributed by atoms with Gasteiger partial charge in [-0.15, -0.1) is 0 Å². The third kappa shape index (κ3) is 2.75. The van der Waals surface area contributed by atoms with Crippen molar-refractivity contribution in [1.82, 2.24) is 9.97 Å². The number of benzene rings is 2. The second kappa shape index (κ2) is 6.34. The summed E-state index contributed by atoms with van der Waals surface area (Å²) in [6.45, 7) is 0. The van der Waals surface area contributed by atoms with Crippen LogP contribution >= 0.6 is 0 Å². The first-order chi connectivity index (χ1) is 11.7. The number of para-hydroxylation sites is 2. The molecule has 3 aromatic rings. The molecular formula is C18H15N3O3. The Morgan fingerprint density at radius 1 is 1.21 bits per heavy atom. The van der Waals surface area contributed by atoms with Crippen LogP contribution in [0.3, 0.4) is 0 Å². The van der Waals surface area contributed by atoms with Gasteiger partial charge in [0.25, 0.3) is 0 Å². The molecule has 24 heavy (non-hydrogen) atoms. The summed E-state index contributed by atoms with van der Waals surface area (Å²) in [7, 11) is 2.90. The highest BCUT2D eigenvalue weighted by molar-refractivity contribution is 5.90. The Balaban J connectivity index is 2.09. The molecule has 3 rings (SSSR count). The van der Waals surface area contributed by atoms with Crippen molar-refractivity contribution in [2.45, 2.75) is 0 Å². The van der Waals surface area contributed by atoms with Crippen LogP contribution in [0.2, 0.25) is 0 Å². The first kappa shape index (κ1) is 15.4. The number of allylic oxidation sites excluding steroid dienone is 1. The average Bonchev–Trinajstić information content (AvgIpc) is 3.04. The van der Waals surface area contributed by atoms with Gasteiger partial charge in [0.05, 0.1) is 30.8 Å². The Labute approximate surface area is 138 Å². The Morgan fingerprint density at radius 3 is 2.46 bits per heavy atom. The molecule has 0 amide bonds. The van der Waals surface area contributed by atoms with Crippen LogP contribution in [-0.4, -0.2) is 29.3 Å². The highest BCUT2D eigenvalue weighted by atomic mass is 16.5. The van der Waals surface area contributed by atoms with Gasteiger partial charge >= 0.3 is 0 Å². The normalized spacial score (nSPS) is 11.3. The lowest BCUT2D eigenvalue weighted by Gasteiger charge is -2.09. The highest BCUT2D eigenvalue weighted by Crippen LogP contribution is 2.38. The molecule has 0 atom stereocenters. The largest absolute Gasteiger partial charge is 0.502 e. The van der Waals surface area contributed by atoms with Crippen molar-refractivity contribution in [3.63, 3.8) is 0 Å². The van der Waals surface area contributed by atoms with E-state index in [-0.39, 0.29) is 17.2 Å². The number of nitrogens with one attached hydrogen (secondary N) is 1. The van der Waals surface area contributed by atoms with E-state index in [1.54, 1.807) is 18.2 Å². The zero-order valence-electron chi connectivity index (χ0n) is 13.2. The lowest BCUT2D eigenvalue weighted by Crippen LogP contribution is -1.91. The van der Waals surface area contributed by atoms with E-state index < -0.39 is 0 Å². The molecule has 0 aliphatic heterocycles. The number of H-pyrrole nitrogens is 1. The van der Waals surface area contributed by atoms with E-state index in [4.69, 9.17) is 9.47 Å². The summed E-state index contributed by atoms with van der Waals surface area (Å²) in [5, 5.41) is 19.4. The molecule has 1 heterocycles. The number of nitriles is 1. The molecule has 120 valence electrons. The molecule has 0 fully saturated rings. The molecule has 0 saturated carbocycles. The number of imidazole rings is 1. The lowest BCUT2D eigenvalue weighted by molar-refractivity contribution is 0.340. The predicted octanol–water partition coefficient (Wildman–Crippen LogP) is 3.35. The van der Waals surface area contributed by atoms with Crippen molar-refractivity contribution in [2.75, 3.05) is 14.2 Å². The summed E-state index contributed by atoms with van der Waals surface area (Å²) in [5.74, 6) is 0.925. The molecular weight excluding hydrogens is 306 g/mol. The van der Waals surface area contributed by atoms with Crippen LogP contribution in [0.5, 0.6) is 17.2 Å². The zero-order valence-corrected chi connectivity index (χ0v) is 13.2. The molecule has 6 nitrogen and oxygen atoms in total. The van der Waals surface area contributed by atoms with Gasteiger partial charge in [-0.25, -0.2) is 4.98 Å². The third-order valence-corrected chi connectivity index (χ3v) is 3.58. The van der Waals surface area contributed by atoms with Gasteiger partial charge in [0.1, 0.15) is 11.9 Å². The number of hydrogen-bond donors (Lipinski definition) is 2. The zero-order chi connectivity index (χ0) is 17.1. The Kier molecular flexibility index (Phi) is 4.08. The van der Waals surface area contributed by atoms with Gasteiger partial charge in [-0.3, -0.25) is 0 Å². The maximum atomic E-state index is 9.96. The summed E-state index contributed by atoms with van der Waals surface area (Å²) >= 11 is 0. The predicted molar refractivity (Wildman–Crippen MR) is 90.8 cm³/mol. The third-order valence-electron chi connectivity index (χ3n) is 3.58. The van der Waals surface area contributed by atoms with Gasteiger partial charge in [0, 0.05) is 0 Å². The number of ether oxygens (including phenoxy) is 2. The van der Waals surface area contributed by atoms with Crippen molar-refractivity contribution in [1.29, 1.82) is 5.26 Å². The molecule has 0 bridgehead atoms. The van der Waals surface area contributed by atoms with E-state index in [0.29, 0.717) is 17.0 Å². The lowest BCUT2D eigenvalue weighted by atomic mass is 10.1. The SMILES string of the molecule is COc1cc(/C=C(\C#N)c2nc3ccccc3[nH]2)cc(OC)c1O. The molecule has 6 heteroatoms. The molecule has 0 saturated heterocycles. The van der Waals surface area contributed by atoms with E-state index in [0.717, 1.165) is 11.0 Å². The Hall–Kier alpha value is -3.46. The molecule has 0 aliphatic carbocycles. The first-order valence-corrected chi connectivity index (χ1v) is 7.18. The minimum atomic E-state index is -0.0839. The number of phenols is 1. The van der Waals surface area contributed by atoms with Crippen LogP contribution in [0.4, 0.5) is 0 Å². The van der Waals surface area contributed by atoms with Gasteiger partial charge in [0.2, 0.25) is 5.75 Å². The number of aromatic amines is 1. The summed E-state index contributed by atoms with van der Waals surface area (Å²) in [4.78, 5) is 7.55. The van der Waals surface area contributed by atoms with Gasteiger partial charge in [-0.05, 0) is 35.9 Å². The number of aromatic hydroxyl groups is 1. The molecule has 2 aromatic carbocycles. The van der Waals surface area contributed by atoms with E-state index in [2.05, 4.69) is 16.0 Å². The van der Waals surface area contributed by atoms with Gasteiger partial charge in [-0.2, -0.15) is 5.26 Å². The van der Waals surface area contributed by atoms with Crippen LogP contribution in [0.25, 0.3) is 22.7 Å². The number of methoxy groups -OCH3 is 2. The van der Waals surface area contributed by atoms with Crippen molar-refractivity contribution >= 4 is 22.7 Å². The molecule has 2 N–H and O–H groups in total. The summed E-state index contributed by atoms with van der Waals surface area (Å²) < 4.78 is 10.3. The fourth-order valence-corrected chi connectivity index (χ4v) is 2.40. The first-order valence-electron chi connectivity index (χ1n) is 7.18. The highest BCUT2D eigenvalue weighted by Gasteiger charge is 2.12. The maximum absolute atomic E-state index is 9.96. The molecule has 1 aromatic heterocycles. The minimum Gasteiger partial charge on any atom is -0.502 e. The van der Waals surface area contributed by atoms with Crippen LogP contribution < -0.4 is 9.47 Å². The number of hydrogen-bond acceptors (Lipinski definition) is 5. The second-order valence-electron chi connectivity index (χ2n) is 5.05. The smallest absolute Gasteiger partial charge is 0.200 e. The van der Waals surface area contributed by atoms with E-state index >= 15 is 0 Å². The summed E-state index contributed by atoms with van der Waals surface area (Å²) in [6, 6.07) is 12.9. The van der Waals surface area contributed by atoms with E-state index in [9.17, 15) is 10.4 Å². The fourth-order valence-electron chi connectivity index (χ4n) is 2.40. The Morgan fingerprint density at radius 2 is 1.88 bits per heavy atom. The summed E-state index contributed by atoms with van der Waals surface area (Å²) in [5.41, 5.74) is 2.66.